The third-order valence-electron chi connectivity index (χ3n) is 4.12. The zero-order valence-electron chi connectivity index (χ0n) is 12.9. The van der Waals surface area contributed by atoms with Crippen LogP contribution in [-0.4, -0.2) is 24.2 Å². The third kappa shape index (κ3) is 2.75. The first kappa shape index (κ1) is 16.4. The highest BCUT2D eigenvalue weighted by molar-refractivity contribution is 6.39. The van der Waals surface area contributed by atoms with E-state index in [-0.39, 0.29) is 6.61 Å². The van der Waals surface area contributed by atoms with E-state index in [1.54, 1.807) is 31.3 Å². The summed E-state index contributed by atoms with van der Waals surface area (Å²) in [7, 11) is 0. The van der Waals surface area contributed by atoms with Gasteiger partial charge in [-0.3, -0.25) is 0 Å². The summed E-state index contributed by atoms with van der Waals surface area (Å²) >= 11 is 12.6. The van der Waals surface area contributed by atoms with Gasteiger partial charge in [0.1, 0.15) is 5.60 Å². The van der Waals surface area contributed by atoms with Crippen LogP contribution >= 0.6 is 23.2 Å². The van der Waals surface area contributed by atoms with Crippen LogP contribution in [0.2, 0.25) is 10.0 Å². The number of aromatic amines is 1. The lowest BCUT2D eigenvalue weighted by atomic mass is 9.89. The maximum Gasteiger partial charge on any atom is 0.340 e. The highest BCUT2D eigenvalue weighted by atomic mass is 35.5. The van der Waals surface area contributed by atoms with Crippen LogP contribution in [0.15, 0.2) is 24.4 Å². The van der Waals surface area contributed by atoms with Gasteiger partial charge in [-0.2, -0.15) is 0 Å². The molecule has 1 aromatic heterocycles. The fourth-order valence-electron chi connectivity index (χ4n) is 2.81. The Labute approximate surface area is 144 Å². The summed E-state index contributed by atoms with van der Waals surface area (Å²) in [6.45, 7) is 4.67. The van der Waals surface area contributed by atoms with Gasteiger partial charge >= 0.3 is 5.97 Å². The highest BCUT2D eigenvalue weighted by Crippen LogP contribution is 2.44. The topological polar surface area (TPSA) is 51.3 Å². The zero-order chi connectivity index (χ0) is 16.6. The van der Waals surface area contributed by atoms with Crippen LogP contribution in [0.3, 0.4) is 0 Å². The Morgan fingerprint density at radius 2 is 2.04 bits per heavy atom. The normalized spacial score (nSPS) is 20.2. The molecule has 0 aliphatic carbocycles. The Kier molecular flexibility index (Phi) is 4.41. The van der Waals surface area contributed by atoms with Gasteiger partial charge in [-0.25, -0.2) is 4.79 Å². The molecular formula is C17H17Cl2NO3. The summed E-state index contributed by atoms with van der Waals surface area (Å²) in [6.07, 6.45) is 2.57. The summed E-state index contributed by atoms with van der Waals surface area (Å²) < 4.78 is 10.9. The minimum Gasteiger partial charge on any atom is -0.462 e. The second-order valence-electron chi connectivity index (χ2n) is 5.60. The lowest BCUT2D eigenvalue weighted by Crippen LogP contribution is -2.39. The van der Waals surface area contributed by atoms with E-state index < -0.39 is 11.6 Å². The van der Waals surface area contributed by atoms with Crippen LogP contribution in [0, 0.1) is 0 Å². The fourth-order valence-corrected chi connectivity index (χ4v) is 3.41. The van der Waals surface area contributed by atoms with Crippen molar-refractivity contribution in [1.82, 2.24) is 4.98 Å². The number of nitrogens with one attached hydrogen (secondary N) is 1. The first-order valence-electron chi connectivity index (χ1n) is 7.45. The van der Waals surface area contributed by atoms with E-state index in [9.17, 15) is 4.79 Å². The number of ether oxygens (including phenoxy) is 2. The van der Waals surface area contributed by atoms with Crippen LogP contribution in [0.4, 0.5) is 0 Å². The second-order valence-corrected chi connectivity index (χ2v) is 6.41. The maximum atomic E-state index is 12.5. The van der Waals surface area contributed by atoms with E-state index in [1.807, 2.05) is 6.92 Å². The summed E-state index contributed by atoms with van der Waals surface area (Å²) in [6, 6.07) is 5.25. The molecule has 1 N–H and O–H groups in total. The molecule has 1 saturated heterocycles. The quantitative estimate of drug-likeness (QED) is 0.803. The predicted octanol–water partition coefficient (Wildman–Crippen LogP) is 4.80. The Balaban J connectivity index is 2.20. The van der Waals surface area contributed by atoms with Crippen molar-refractivity contribution in [1.29, 1.82) is 0 Å². The molecule has 2 aromatic rings. The van der Waals surface area contributed by atoms with Gasteiger partial charge < -0.3 is 14.5 Å². The molecular weight excluding hydrogens is 337 g/mol. The van der Waals surface area contributed by atoms with Gasteiger partial charge in [0, 0.05) is 33.8 Å². The standard InChI is InChI=1S/C17H17Cl2NO3/c1-3-22-16(21)14-10(13-11(18)5-4-6-12(13)19)9-20-15(14)17(2)7-8-23-17/h4-6,9,20H,3,7-8H2,1-2H3. The van der Waals surface area contributed by atoms with Crippen LogP contribution in [0.5, 0.6) is 0 Å². The zero-order valence-corrected chi connectivity index (χ0v) is 14.4. The largest absolute Gasteiger partial charge is 0.462 e. The van der Waals surface area contributed by atoms with Crippen LogP contribution in [-0.2, 0) is 15.1 Å². The van der Waals surface area contributed by atoms with E-state index in [2.05, 4.69) is 4.98 Å². The predicted molar refractivity (Wildman–Crippen MR) is 90.1 cm³/mol. The molecule has 4 nitrogen and oxygen atoms in total. The fraction of sp³-hybridized carbons (Fsp3) is 0.353. The molecule has 0 amide bonds. The average Bonchev–Trinajstić information content (AvgIpc) is 2.90. The van der Waals surface area contributed by atoms with Crippen molar-refractivity contribution >= 4 is 29.2 Å². The van der Waals surface area contributed by atoms with Gasteiger partial charge in [0.15, 0.2) is 0 Å². The Morgan fingerprint density at radius 1 is 1.39 bits per heavy atom. The molecule has 1 aromatic carbocycles. The SMILES string of the molecule is CCOC(=O)c1c(-c2c(Cl)cccc2Cl)c[nH]c1C1(C)CCO1. The number of halogens is 2. The molecule has 2 heterocycles. The Bertz CT molecular complexity index is 730. The first-order valence-corrected chi connectivity index (χ1v) is 8.21. The summed E-state index contributed by atoms with van der Waals surface area (Å²) in [5, 5.41) is 0.960. The number of H-pyrrole nitrogens is 1. The molecule has 1 aliphatic heterocycles. The molecule has 6 heteroatoms. The molecule has 0 bridgehead atoms. The average molecular weight is 354 g/mol. The van der Waals surface area contributed by atoms with Gasteiger partial charge in [0.05, 0.1) is 24.5 Å². The molecule has 122 valence electrons. The van der Waals surface area contributed by atoms with Crippen molar-refractivity contribution in [2.24, 2.45) is 0 Å². The van der Waals surface area contributed by atoms with E-state index in [1.165, 1.54) is 0 Å². The maximum absolute atomic E-state index is 12.5. The minimum absolute atomic E-state index is 0.288. The molecule has 1 atom stereocenters. The monoisotopic (exact) mass is 353 g/mol. The molecule has 0 saturated carbocycles. The molecule has 1 fully saturated rings. The number of carbonyl (C=O) groups excluding carboxylic acids is 1. The van der Waals surface area contributed by atoms with Crippen molar-refractivity contribution in [3.8, 4) is 11.1 Å². The van der Waals surface area contributed by atoms with Crippen LogP contribution in [0.1, 0.15) is 36.3 Å². The van der Waals surface area contributed by atoms with Gasteiger partial charge in [0.2, 0.25) is 0 Å². The third-order valence-corrected chi connectivity index (χ3v) is 4.75. The van der Waals surface area contributed by atoms with E-state index in [4.69, 9.17) is 32.7 Å². The molecule has 0 spiro atoms. The molecule has 1 unspecified atom stereocenters. The molecule has 0 radical (unpaired) electrons. The Morgan fingerprint density at radius 3 is 2.57 bits per heavy atom. The highest BCUT2D eigenvalue weighted by Gasteiger charge is 2.41. The molecule has 23 heavy (non-hydrogen) atoms. The molecule has 3 rings (SSSR count). The lowest BCUT2D eigenvalue weighted by molar-refractivity contribution is -0.143. The molecule has 1 aliphatic rings. The van der Waals surface area contributed by atoms with Gasteiger partial charge in [-0.15, -0.1) is 0 Å². The van der Waals surface area contributed by atoms with Crippen molar-refractivity contribution in [2.75, 3.05) is 13.2 Å². The smallest absolute Gasteiger partial charge is 0.340 e. The van der Waals surface area contributed by atoms with Crippen LogP contribution in [0.25, 0.3) is 11.1 Å². The number of aromatic nitrogens is 1. The summed E-state index contributed by atoms with van der Waals surface area (Å²) in [5.41, 5.74) is 1.86. The van der Waals surface area contributed by atoms with Gasteiger partial charge in [-0.1, -0.05) is 29.3 Å². The lowest BCUT2D eigenvalue weighted by Gasteiger charge is -2.38. The van der Waals surface area contributed by atoms with Crippen molar-refractivity contribution < 1.29 is 14.3 Å². The Hall–Kier alpha value is -1.49. The van der Waals surface area contributed by atoms with E-state index in [0.29, 0.717) is 39.0 Å². The minimum atomic E-state index is -0.520. The van der Waals surface area contributed by atoms with E-state index >= 15 is 0 Å². The summed E-state index contributed by atoms with van der Waals surface area (Å²) in [5.74, 6) is -0.411. The first-order chi connectivity index (χ1) is 11.0. The number of hydrogen-bond donors (Lipinski definition) is 1. The second kappa shape index (κ2) is 6.19. The van der Waals surface area contributed by atoms with E-state index in [0.717, 1.165) is 6.42 Å². The summed E-state index contributed by atoms with van der Waals surface area (Å²) in [4.78, 5) is 15.7. The van der Waals surface area contributed by atoms with Crippen molar-refractivity contribution in [3.63, 3.8) is 0 Å². The van der Waals surface area contributed by atoms with Crippen molar-refractivity contribution in [2.45, 2.75) is 25.9 Å². The number of hydrogen-bond acceptors (Lipinski definition) is 3. The van der Waals surface area contributed by atoms with Gasteiger partial charge in [0.25, 0.3) is 0 Å². The number of benzene rings is 1. The van der Waals surface area contributed by atoms with Crippen molar-refractivity contribution in [3.05, 3.63) is 45.7 Å². The van der Waals surface area contributed by atoms with Crippen LogP contribution < -0.4 is 0 Å². The number of carbonyl (C=O) groups is 1. The number of rotatable bonds is 4. The van der Waals surface area contributed by atoms with Gasteiger partial charge in [-0.05, 0) is 26.0 Å². The number of esters is 1.